The summed E-state index contributed by atoms with van der Waals surface area (Å²) in [4.78, 5) is 38.2. The Hall–Kier alpha value is -3.15. The van der Waals surface area contributed by atoms with E-state index in [1.165, 1.54) is 0 Å². The maximum absolute atomic E-state index is 12.6. The van der Waals surface area contributed by atoms with Gasteiger partial charge in [0.2, 0.25) is 5.91 Å². The number of hydrogen-bond acceptors (Lipinski definition) is 4. The van der Waals surface area contributed by atoms with Gasteiger partial charge >= 0.3 is 5.97 Å². The average molecular weight is 394 g/mol. The first-order valence-corrected chi connectivity index (χ1v) is 9.91. The number of ether oxygens (including phenoxy) is 1. The molecule has 3 rings (SSSR count). The Morgan fingerprint density at radius 2 is 1.79 bits per heavy atom. The molecule has 1 N–H and O–H groups in total. The minimum Gasteiger partial charge on any atom is -0.455 e. The number of rotatable bonds is 7. The van der Waals surface area contributed by atoms with Gasteiger partial charge in [0.15, 0.2) is 6.61 Å². The summed E-state index contributed by atoms with van der Waals surface area (Å²) in [5.74, 6) is -0.888. The first-order valence-electron chi connectivity index (χ1n) is 9.91. The maximum atomic E-state index is 12.6. The van der Waals surface area contributed by atoms with Crippen LogP contribution < -0.4 is 10.2 Å². The molecule has 6 heteroatoms. The summed E-state index contributed by atoms with van der Waals surface area (Å²) >= 11 is 0. The molecular weight excluding hydrogens is 368 g/mol. The van der Waals surface area contributed by atoms with Crippen molar-refractivity contribution in [2.24, 2.45) is 0 Å². The minimum absolute atomic E-state index is 0.0277. The Bertz CT molecular complexity index is 866. The van der Waals surface area contributed by atoms with Crippen molar-refractivity contribution < 1.29 is 19.1 Å². The van der Waals surface area contributed by atoms with Crippen LogP contribution in [0.3, 0.4) is 0 Å². The van der Waals surface area contributed by atoms with Crippen LogP contribution in [0.1, 0.15) is 30.9 Å². The van der Waals surface area contributed by atoms with E-state index in [4.69, 9.17) is 4.74 Å². The second-order valence-corrected chi connectivity index (χ2v) is 7.20. The predicted octanol–water partition coefficient (Wildman–Crippen LogP) is 2.65. The molecule has 2 aromatic carbocycles. The number of anilines is 1. The first-order chi connectivity index (χ1) is 14.0. The van der Waals surface area contributed by atoms with Crippen LogP contribution in [-0.4, -0.2) is 37.0 Å². The highest BCUT2D eigenvalue weighted by Crippen LogP contribution is 2.30. The van der Waals surface area contributed by atoms with Crippen LogP contribution >= 0.6 is 0 Å². The average Bonchev–Trinajstić information content (AvgIpc) is 2.72. The maximum Gasteiger partial charge on any atom is 0.308 e. The number of fused-ring (bicyclic) bond motifs is 1. The van der Waals surface area contributed by atoms with Crippen LogP contribution in [0.2, 0.25) is 0 Å². The molecule has 1 aliphatic heterocycles. The number of benzene rings is 2. The normalized spacial score (nSPS) is 15.3. The zero-order valence-electron chi connectivity index (χ0n) is 16.6. The fraction of sp³-hybridized carbons (Fsp3) is 0.348. The van der Waals surface area contributed by atoms with Gasteiger partial charge in [-0.1, -0.05) is 48.5 Å². The van der Waals surface area contributed by atoms with E-state index in [1.807, 2.05) is 61.5 Å². The summed E-state index contributed by atoms with van der Waals surface area (Å²) in [6.07, 6.45) is 2.11. The third-order valence-electron chi connectivity index (χ3n) is 5.01. The largest absolute Gasteiger partial charge is 0.455 e. The molecular formula is C23H26N2O4. The van der Waals surface area contributed by atoms with E-state index in [-0.39, 0.29) is 43.8 Å². The van der Waals surface area contributed by atoms with Crippen LogP contribution in [0, 0.1) is 0 Å². The fourth-order valence-electron chi connectivity index (χ4n) is 3.50. The van der Waals surface area contributed by atoms with Gasteiger partial charge in [0.1, 0.15) is 0 Å². The molecule has 0 aliphatic carbocycles. The lowest BCUT2D eigenvalue weighted by Gasteiger charge is -2.35. The molecule has 1 heterocycles. The van der Waals surface area contributed by atoms with Gasteiger partial charge in [0.25, 0.3) is 5.91 Å². The van der Waals surface area contributed by atoms with Crippen LogP contribution in [0.5, 0.6) is 0 Å². The number of hydrogen-bond donors (Lipinski definition) is 1. The molecule has 29 heavy (non-hydrogen) atoms. The van der Waals surface area contributed by atoms with Crippen molar-refractivity contribution in [3.63, 3.8) is 0 Å². The van der Waals surface area contributed by atoms with Crippen LogP contribution in [0.4, 0.5) is 5.69 Å². The molecule has 1 atom stereocenters. The molecule has 0 radical (unpaired) electrons. The van der Waals surface area contributed by atoms with Crippen LogP contribution in [-0.2, 0) is 32.0 Å². The molecule has 1 aliphatic rings. The van der Waals surface area contributed by atoms with Gasteiger partial charge in [0, 0.05) is 18.3 Å². The van der Waals surface area contributed by atoms with Crippen molar-refractivity contribution >= 4 is 23.5 Å². The van der Waals surface area contributed by atoms with Crippen molar-refractivity contribution in [1.82, 2.24) is 5.32 Å². The molecule has 152 valence electrons. The zero-order valence-corrected chi connectivity index (χ0v) is 16.6. The third kappa shape index (κ3) is 5.67. The van der Waals surface area contributed by atoms with E-state index in [1.54, 1.807) is 4.90 Å². The Kier molecular flexibility index (Phi) is 7.00. The number of nitrogens with zero attached hydrogens (tertiary/aromatic N) is 1. The van der Waals surface area contributed by atoms with Gasteiger partial charge < -0.3 is 15.0 Å². The molecule has 2 aromatic rings. The topological polar surface area (TPSA) is 75.7 Å². The lowest BCUT2D eigenvalue weighted by atomic mass is 9.96. The number of nitrogens with one attached hydrogen (secondary N) is 1. The van der Waals surface area contributed by atoms with E-state index < -0.39 is 5.97 Å². The van der Waals surface area contributed by atoms with E-state index in [2.05, 4.69) is 5.32 Å². The lowest BCUT2D eigenvalue weighted by molar-refractivity contribution is -0.147. The van der Waals surface area contributed by atoms with Gasteiger partial charge in [-0.3, -0.25) is 14.4 Å². The van der Waals surface area contributed by atoms with E-state index in [9.17, 15) is 14.4 Å². The number of esters is 1. The number of amides is 2. The zero-order chi connectivity index (χ0) is 20.6. The van der Waals surface area contributed by atoms with Crippen molar-refractivity contribution in [1.29, 1.82) is 0 Å². The Morgan fingerprint density at radius 3 is 2.59 bits per heavy atom. The van der Waals surface area contributed by atoms with Crippen LogP contribution in [0.15, 0.2) is 54.6 Å². The van der Waals surface area contributed by atoms with Crippen LogP contribution in [0.25, 0.3) is 0 Å². The monoisotopic (exact) mass is 394 g/mol. The van der Waals surface area contributed by atoms with Gasteiger partial charge in [-0.15, -0.1) is 0 Å². The standard InChI is InChI=1S/C23H26N2O4/c1-17-11-12-19-9-5-6-10-20(19)25(17)22(27)16-29-23(28)13-14-24-21(26)15-18-7-3-2-4-8-18/h2-10,17H,11-16H2,1H3,(H,24,26). The Balaban J connectivity index is 1.41. The predicted molar refractivity (Wildman–Crippen MR) is 110 cm³/mol. The molecule has 0 spiro atoms. The van der Waals surface area contributed by atoms with E-state index >= 15 is 0 Å². The molecule has 0 saturated carbocycles. The van der Waals surface area contributed by atoms with Crippen molar-refractivity contribution in [3.05, 3.63) is 65.7 Å². The molecule has 0 saturated heterocycles. The molecule has 0 bridgehead atoms. The Morgan fingerprint density at radius 1 is 1.07 bits per heavy atom. The number of aryl methyl sites for hydroxylation is 1. The van der Waals surface area contributed by atoms with E-state index in [0.29, 0.717) is 0 Å². The Labute approximate surface area is 170 Å². The molecule has 0 fully saturated rings. The quantitative estimate of drug-likeness (QED) is 0.733. The summed E-state index contributed by atoms with van der Waals surface area (Å²) in [7, 11) is 0. The number of carbonyl (C=O) groups is 3. The molecule has 0 aromatic heterocycles. The van der Waals surface area contributed by atoms with Crippen molar-refractivity contribution in [2.75, 3.05) is 18.1 Å². The van der Waals surface area contributed by atoms with E-state index in [0.717, 1.165) is 29.7 Å². The highest BCUT2D eigenvalue weighted by molar-refractivity contribution is 5.96. The summed E-state index contributed by atoms with van der Waals surface area (Å²) < 4.78 is 5.14. The second kappa shape index (κ2) is 9.87. The fourth-order valence-corrected chi connectivity index (χ4v) is 3.50. The lowest BCUT2D eigenvalue weighted by Crippen LogP contribution is -2.44. The summed E-state index contributed by atoms with van der Waals surface area (Å²) in [6, 6.07) is 17.3. The third-order valence-corrected chi connectivity index (χ3v) is 5.01. The highest BCUT2D eigenvalue weighted by Gasteiger charge is 2.28. The first kappa shape index (κ1) is 20.6. The van der Waals surface area contributed by atoms with Gasteiger partial charge in [-0.05, 0) is 37.0 Å². The molecule has 6 nitrogen and oxygen atoms in total. The highest BCUT2D eigenvalue weighted by atomic mass is 16.5. The summed E-state index contributed by atoms with van der Waals surface area (Å²) in [5.41, 5.74) is 2.93. The van der Waals surface area contributed by atoms with Gasteiger partial charge in [-0.2, -0.15) is 0 Å². The summed E-state index contributed by atoms with van der Waals surface area (Å²) in [6.45, 7) is 1.88. The smallest absolute Gasteiger partial charge is 0.308 e. The SMILES string of the molecule is CC1CCc2ccccc2N1C(=O)COC(=O)CCNC(=O)Cc1ccccc1. The minimum atomic E-state index is -0.503. The number of para-hydroxylation sites is 1. The van der Waals surface area contributed by atoms with Crippen molar-refractivity contribution in [2.45, 2.75) is 38.6 Å². The number of carbonyl (C=O) groups excluding carboxylic acids is 3. The van der Waals surface area contributed by atoms with Gasteiger partial charge in [0.05, 0.1) is 12.8 Å². The molecule has 1 unspecified atom stereocenters. The van der Waals surface area contributed by atoms with Crippen molar-refractivity contribution in [3.8, 4) is 0 Å². The summed E-state index contributed by atoms with van der Waals surface area (Å²) in [5, 5.41) is 2.70. The second-order valence-electron chi connectivity index (χ2n) is 7.20. The van der Waals surface area contributed by atoms with Gasteiger partial charge in [-0.25, -0.2) is 0 Å². The molecule has 2 amide bonds.